The van der Waals surface area contributed by atoms with Gasteiger partial charge in [-0.1, -0.05) is 28.1 Å². The van der Waals surface area contributed by atoms with E-state index in [2.05, 4.69) is 69.6 Å². The minimum absolute atomic E-state index is 0. The van der Waals surface area contributed by atoms with Crippen molar-refractivity contribution in [2.75, 3.05) is 45.9 Å². The van der Waals surface area contributed by atoms with Crippen molar-refractivity contribution in [2.45, 2.75) is 32.7 Å². The van der Waals surface area contributed by atoms with Gasteiger partial charge in [0.05, 0.1) is 19.8 Å². The van der Waals surface area contributed by atoms with Gasteiger partial charge in [0.15, 0.2) is 5.96 Å². The molecule has 2 rings (SSSR count). The van der Waals surface area contributed by atoms with Crippen molar-refractivity contribution in [3.63, 3.8) is 0 Å². The van der Waals surface area contributed by atoms with Gasteiger partial charge >= 0.3 is 0 Å². The summed E-state index contributed by atoms with van der Waals surface area (Å²) in [4.78, 5) is 7.20. The van der Waals surface area contributed by atoms with Crippen LogP contribution in [0.3, 0.4) is 0 Å². The first kappa shape index (κ1) is 23.7. The first-order valence-corrected chi connectivity index (χ1v) is 10.1. The predicted molar refractivity (Wildman–Crippen MR) is 124 cm³/mol. The van der Waals surface area contributed by atoms with Crippen LogP contribution >= 0.6 is 39.9 Å². The average Bonchev–Trinajstić information content (AvgIpc) is 2.63. The van der Waals surface area contributed by atoms with Crippen molar-refractivity contribution < 1.29 is 4.74 Å². The Morgan fingerprint density at radius 2 is 2.08 bits per heavy atom. The molecule has 1 fully saturated rings. The van der Waals surface area contributed by atoms with E-state index in [1.165, 1.54) is 5.56 Å². The van der Waals surface area contributed by atoms with Crippen LogP contribution in [-0.2, 0) is 11.2 Å². The molecule has 0 bridgehead atoms. The first-order valence-electron chi connectivity index (χ1n) is 9.27. The quantitative estimate of drug-likeness (QED) is 0.231. The lowest BCUT2D eigenvalue weighted by molar-refractivity contribution is 0.0220. The molecular formula is C19H32BrIN4O. The Morgan fingerprint density at radius 3 is 2.77 bits per heavy atom. The Bertz CT molecular complexity index is 538. The number of benzene rings is 1. The molecule has 0 aliphatic carbocycles. The second-order valence-electron chi connectivity index (χ2n) is 6.38. The van der Waals surface area contributed by atoms with E-state index in [9.17, 15) is 0 Å². The van der Waals surface area contributed by atoms with E-state index in [0.717, 1.165) is 69.2 Å². The van der Waals surface area contributed by atoms with Crippen LogP contribution in [0.1, 0.15) is 25.8 Å². The van der Waals surface area contributed by atoms with Gasteiger partial charge in [-0.3, -0.25) is 9.89 Å². The average molecular weight is 539 g/mol. The van der Waals surface area contributed by atoms with Crippen LogP contribution in [0.25, 0.3) is 0 Å². The maximum Gasteiger partial charge on any atom is 0.191 e. The maximum atomic E-state index is 5.42. The Balaban J connectivity index is 0.00000338. The number of ether oxygens (including phenoxy) is 1. The Labute approximate surface area is 183 Å². The van der Waals surface area contributed by atoms with Gasteiger partial charge in [0.2, 0.25) is 0 Å². The lowest BCUT2D eigenvalue weighted by Crippen LogP contribution is -2.44. The van der Waals surface area contributed by atoms with Crippen molar-refractivity contribution in [3.05, 3.63) is 34.3 Å². The van der Waals surface area contributed by atoms with Crippen LogP contribution in [0.15, 0.2) is 33.7 Å². The smallest absolute Gasteiger partial charge is 0.191 e. The molecule has 0 amide bonds. The molecule has 1 aliphatic heterocycles. The highest BCUT2D eigenvalue weighted by molar-refractivity contribution is 14.0. The summed E-state index contributed by atoms with van der Waals surface area (Å²) in [6.45, 7) is 10.6. The molecule has 7 heteroatoms. The van der Waals surface area contributed by atoms with Gasteiger partial charge < -0.3 is 15.4 Å². The van der Waals surface area contributed by atoms with Crippen LogP contribution in [0.5, 0.6) is 0 Å². The monoisotopic (exact) mass is 538 g/mol. The fraction of sp³-hybridized carbons (Fsp3) is 0.632. The van der Waals surface area contributed by atoms with Gasteiger partial charge in [0.1, 0.15) is 0 Å². The van der Waals surface area contributed by atoms with Crippen molar-refractivity contribution in [2.24, 2.45) is 4.99 Å². The van der Waals surface area contributed by atoms with Crippen molar-refractivity contribution >= 4 is 45.9 Å². The van der Waals surface area contributed by atoms with Gasteiger partial charge in [-0.25, -0.2) is 0 Å². The summed E-state index contributed by atoms with van der Waals surface area (Å²) >= 11 is 3.53. The number of aryl methyl sites for hydroxylation is 1. The van der Waals surface area contributed by atoms with E-state index in [4.69, 9.17) is 9.73 Å². The lowest BCUT2D eigenvalue weighted by atomic mass is 10.1. The number of hydrogen-bond donors (Lipinski definition) is 2. The summed E-state index contributed by atoms with van der Waals surface area (Å²) in [6.07, 6.45) is 2.15. The van der Waals surface area contributed by atoms with Gasteiger partial charge in [-0.05, 0) is 44.4 Å². The number of aliphatic imine (C=N–C) groups is 1. The topological polar surface area (TPSA) is 48.9 Å². The van der Waals surface area contributed by atoms with E-state index < -0.39 is 0 Å². The third-order valence-corrected chi connectivity index (χ3v) is 4.84. The van der Waals surface area contributed by atoms with E-state index in [0.29, 0.717) is 6.04 Å². The molecule has 26 heavy (non-hydrogen) atoms. The molecule has 2 N–H and O–H groups in total. The molecular weight excluding hydrogens is 507 g/mol. The first-order chi connectivity index (χ1) is 12.2. The number of hydrogen-bond acceptors (Lipinski definition) is 3. The fourth-order valence-corrected chi connectivity index (χ4v) is 3.34. The molecule has 1 unspecified atom stereocenters. The largest absolute Gasteiger partial charge is 0.379 e. The third kappa shape index (κ3) is 9.01. The summed E-state index contributed by atoms with van der Waals surface area (Å²) in [7, 11) is 0. The highest BCUT2D eigenvalue weighted by Gasteiger charge is 2.16. The molecule has 1 aromatic carbocycles. The maximum absolute atomic E-state index is 5.42. The second kappa shape index (κ2) is 13.7. The summed E-state index contributed by atoms with van der Waals surface area (Å²) in [5.41, 5.74) is 1.36. The van der Waals surface area contributed by atoms with E-state index in [1.54, 1.807) is 0 Å². The molecule has 1 saturated heterocycles. The Hall–Kier alpha value is -0.380. The zero-order valence-electron chi connectivity index (χ0n) is 15.8. The van der Waals surface area contributed by atoms with Crippen LogP contribution in [-0.4, -0.2) is 62.8 Å². The second-order valence-corrected chi connectivity index (χ2v) is 7.29. The number of nitrogens with zero attached hydrogens (tertiary/aromatic N) is 2. The van der Waals surface area contributed by atoms with Crippen molar-refractivity contribution in [1.82, 2.24) is 15.5 Å². The third-order valence-electron chi connectivity index (χ3n) is 4.35. The molecule has 1 heterocycles. The molecule has 1 aromatic rings. The molecule has 5 nitrogen and oxygen atoms in total. The molecule has 1 aliphatic rings. The van der Waals surface area contributed by atoms with Gasteiger partial charge in [-0.2, -0.15) is 0 Å². The summed E-state index contributed by atoms with van der Waals surface area (Å²) < 4.78 is 6.56. The SMILES string of the molecule is CCNC(=NCC(C)N1CCOCC1)NCCCc1cccc(Br)c1.I. The minimum Gasteiger partial charge on any atom is -0.379 e. The number of nitrogens with one attached hydrogen (secondary N) is 2. The van der Waals surface area contributed by atoms with Crippen LogP contribution in [0.2, 0.25) is 0 Å². The lowest BCUT2D eigenvalue weighted by Gasteiger charge is -2.31. The van der Waals surface area contributed by atoms with Crippen LogP contribution in [0.4, 0.5) is 0 Å². The Kier molecular flexibility index (Phi) is 12.5. The normalized spacial score (nSPS) is 16.7. The highest BCUT2D eigenvalue weighted by atomic mass is 127. The van der Waals surface area contributed by atoms with Gasteiger partial charge in [-0.15, -0.1) is 24.0 Å². The molecule has 0 aromatic heterocycles. The minimum atomic E-state index is 0. The molecule has 148 valence electrons. The molecule has 0 radical (unpaired) electrons. The zero-order valence-corrected chi connectivity index (χ0v) is 19.8. The number of morpholine rings is 1. The zero-order chi connectivity index (χ0) is 17.9. The number of halogens is 2. The number of guanidine groups is 1. The van der Waals surface area contributed by atoms with Gasteiger partial charge in [0, 0.05) is 36.7 Å². The van der Waals surface area contributed by atoms with Crippen molar-refractivity contribution in [1.29, 1.82) is 0 Å². The predicted octanol–water partition coefficient (Wildman–Crippen LogP) is 3.28. The molecule has 1 atom stereocenters. The van der Waals surface area contributed by atoms with E-state index in [1.807, 2.05) is 0 Å². The highest BCUT2D eigenvalue weighted by Crippen LogP contribution is 2.12. The van der Waals surface area contributed by atoms with Crippen LogP contribution < -0.4 is 10.6 Å². The summed E-state index contributed by atoms with van der Waals surface area (Å²) in [5.74, 6) is 0.914. The fourth-order valence-electron chi connectivity index (χ4n) is 2.89. The molecule has 0 saturated carbocycles. The summed E-state index contributed by atoms with van der Waals surface area (Å²) in [5, 5.41) is 6.78. The van der Waals surface area contributed by atoms with Crippen molar-refractivity contribution in [3.8, 4) is 0 Å². The van der Waals surface area contributed by atoms with Crippen LogP contribution in [0, 0.1) is 0 Å². The van der Waals surface area contributed by atoms with E-state index in [-0.39, 0.29) is 24.0 Å². The summed E-state index contributed by atoms with van der Waals surface area (Å²) in [6, 6.07) is 8.96. The van der Waals surface area contributed by atoms with E-state index >= 15 is 0 Å². The number of rotatable bonds is 8. The molecule has 0 spiro atoms. The van der Waals surface area contributed by atoms with Gasteiger partial charge in [0.25, 0.3) is 0 Å². The standard InChI is InChI=1S/C19H31BrN4O.HI/c1-3-21-19(23-15-16(2)24-10-12-25-13-11-24)22-9-5-7-17-6-4-8-18(20)14-17;/h4,6,8,14,16H,3,5,7,9-13,15H2,1-2H3,(H2,21,22,23);1H. The Morgan fingerprint density at radius 1 is 1.31 bits per heavy atom.